The molecule has 0 aromatic carbocycles. The van der Waals surface area contributed by atoms with E-state index < -0.39 is 20.1 Å². The zero-order valence-electron chi connectivity index (χ0n) is 10.4. The third-order valence-electron chi connectivity index (χ3n) is 2.52. The molecular formula is C10H22O5P+. The summed E-state index contributed by atoms with van der Waals surface area (Å²) in [5.41, 5.74) is -0.853. The maximum atomic E-state index is 10.9. The van der Waals surface area contributed by atoms with E-state index in [1.807, 2.05) is 27.7 Å². The van der Waals surface area contributed by atoms with E-state index >= 15 is 0 Å². The quantitative estimate of drug-likeness (QED) is 0.505. The average Bonchev–Trinajstić information content (AvgIpc) is 2.25. The van der Waals surface area contributed by atoms with Gasteiger partial charge in [0.2, 0.25) is 0 Å². The largest absolute Gasteiger partial charge is 0.695 e. The summed E-state index contributed by atoms with van der Waals surface area (Å²) in [5, 5.41) is 0. The Morgan fingerprint density at radius 1 is 1.12 bits per heavy atom. The molecule has 1 N–H and O–H groups in total. The van der Waals surface area contributed by atoms with Crippen LogP contribution in [0.5, 0.6) is 0 Å². The zero-order chi connectivity index (χ0) is 12.6. The van der Waals surface area contributed by atoms with Gasteiger partial charge in [-0.05, 0) is 26.7 Å². The molecule has 96 valence electrons. The maximum absolute atomic E-state index is 10.9. The van der Waals surface area contributed by atoms with Gasteiger partial charge in [-0.1, -0.05) is 13.8 Å². The minimum atomic E-state index is -2.66. The van der Waals surface area contributed by atoms with Gasteiger partial charge >= 0.3 is 8.25 Å². The van der Waals surface area contributed by atoms with Crippen LogP contribution in [0.2, 0.25) is 0 Å². The van der Waals surface area contributed by atoms with Crippen LogP contribution >= 0.6 is 8.25 Å². The van der Waals surface area contributed by atoms with Gasteiger partial charge in [0.1, 0.15) is 0 Å². The second kappa shape index (κ2) is 8.09. The second-order valence-electron chi connectivity index (χ2n) is 3.34. The highest BCUT2D eigenvalue weighted by Gasteiger charge is 2.46. The van der Waals surface area contributed by atoms with Gasteiger partial charge in [0.15, 0.2) is 11.9 Å². The summed E-state index contributed by atoms with van der Waals surface area (Å²) < 4.78 is 26.9. The van der Waals surface area contributed by atoms with Crippen LogP contribution in [0.1, 0.15) is 40.5 Å². The lowest BCUT2D eigenvalue weighted by atomic mass is 9.97. The van der Waals surface area contributed by atoms with Crippen LogP contribution in [-0.2, 0) is 18.6 Å². The summed E-state index contributed by atoms with van der Waals surface area (Å²) in [5.74, 6) is 0. The second-order valence-corrected chi connectivity index (χ2v) is 4.00. The Kier molecular flexibility index (Phi) is 8.06. The molecule has 0 saturated carbocycles. The van der Waals surface area contributed by atoms with E-state index in [0.717, 1.165) is 0 Å². The van der Waals surface area contributed by atoms with Crippen molar-refractivity contribution in [2.45, 2.75) is 52.4 Å². The molecule has 0 fully saturated rings. The zero-order valence-corrected chi connectivity index (χ0v) is 11.3. The van der Waals surface area contributed by atoms with Gasteiger partial charge < -0.3 is 9.47 Å². The molecule has 0 amide bonds. The normalized spacial score (nSPS) is 13.2. The fourth-order valence-corrected chi connectivity index (χ4v) is 2.22. The number of hydrogen-bond donors (Lipinski definition) is 1. The minimum Gasteiger partial charge on any atom is -0.350 e. The molecule has 0 aliphatic heterocycles. The van der Waals surface area contributed by atoms with Crippen molar-refractivity contribution in [3.05, 3.63) is 0 Å². The number of rotatable bonds is 9. The Morgan fingerprint density at radius 2 is 1.56 bits per heavy atom. The van der Waals surface area contributed by atoms with Gasteiger partial charge in [0.05, 0.1) is 0 Å². The van der Waals surface area contributed by atoms with E-state index in [-0.39, 0.29) is 0 Å². The molecule has 0 saturated heterocycles. The van der Waals surface area contributed by atoms with Crippen LogP contribution < -0.4 is 0 Å². The Morgan fingerprint density at radius 3 is 1.81 bits per heavy atom. The minimum absolute atomic E-state index is 0.470. The summed E-state index contributed by atoms with van der Waals surface area (Å²) in [7, 11) is -2.66. The lowest BCUT2D eigenvalue weighted by molar-refractivity contribution is -0.227. The Hall–Kier alpha value is -0.0600. The van der Waals surface area contributed by atoms with Crippen LogP contribution in [0.3, 0.4) is 0 Å². The van der Waals surface area contributed by atoms with E-state index in [1.54, 1.807) is 0 Å². The number of hydrogen-bond acceptors (Lipinski definition) is 4. The first-order valence-electron chi connectivity index (χ1n) is 5.64. The highest BCUT2D eigenvalue weighted by atomic mass is 31.1. The van der Waals surface area contributed by atoms with Crippen LogP contribution in [0.25, 0.3) is 0 Å². The molecule has 0 radical (unpaired) electrons. The van der Waals surface area contributed by atoms with Gasteiger partial charge in [0.25, 0.3) is 0 Å². The van der Waals surface area contributed by atoms with Crippen molar-refractivity contribution in [3.63, 3.8) is 0 Å². The van der Waals surface area contributed by atoms with Crippen molar-refractivity contribution in [3.8, 4) is 0 Å². The molecule has 0 bridgehead atoms. The van der Waals surface area contributed by atoms with E-state index in [9.17, 15) is 4.57 Å². The first kappa shape index (κ1) is 15.9. The summed E-state index contributed by atoms with van der Waals surface area (Å²) in [6, 6.07) is 0. The SMILES string of the molecule is CCOC(OCC)C(CC)(CC)O[P+](=O)O. The smallest absolute Gasteiger partial charge is 0.350 e. The molecule has 0 rings (SSSR count). The summed E-state index contributed by atoms with van der Waals surface area (Å²) in [4.78, 5) is 8.91. The molecule has 6 heteroatoms. The van der Waals surface area contributed by atoms with Crippen molar-refractivity contribution in [2.75, 3.05) is 13.2 Å². The van der Waals surface area contributed by atoms with Crippen molar-refractivity contribution in [1.29, 1.82) is 0 Å². The molecular weight excluding hydrogens is 231 g/mol. The maximum Gasteiger partial charge on any atom is 0.695 e. The highest BCUT2D eigenvalue weighted by molar-refractivity contribution is 7.32. The molecule has 0 aromatic heterocycles. The molecule has 5 nitrogen and oxygen atoms in total. The topological polar surface area (TPSA) is 65.0 Å². The molecule has 1 unspecified atom stereocenters. The van der Waals surface area contributed by atoms with Gasteiger partial charge in [0, 0.05) is 17.8 Å². The predicted octanol–water partition coefficient (Wildman–Crippen LogP) is 2.61. The molecule has 0 spiro atoms. The van der Waals surface area contributed by atoms with E-state index in [2.05, 4.69) is 0 Å². The van der Waals surface area contributed by atoms with Gasteiger partial charge in [-0.3, -0.25) is 0 Å². The first-order valence-corrected chi connectivity index (χ1v) is 6.77. The fourth-order valence-electron chi connectivity index (χ4n) is 1.57. The summed E-state index contributed by atoms with van der Waals surface area (Å²) >= 11 is 0. The third-order valence-corrected chi connectivity index (χ3v) is 3.04. The fraction of sp³-hybridized carbons (Fsp3) is 1.00. The van der Waals surface area contributed by atoms with E-state index in [0.29, 0.717) is 26.1 Å². The molecule has 0 aliphatic carbocycles. The molecule has 0 aromatic rings. The third kappa shape index (κ3) is 4.44. The molecule has 0 heterocycles. The molecule has 1 atom stereocenters. The van der Waals surface area contributed by atoms with E-state index in [1.165, 1.54) is 0 Å². The average molecular weight is 253 g/mol. The van der Waals surface area contributed by atoms with Gasteiger partial charge in [-0.15, -0.1) is 9.42 Å². The van der Waals surface area contributed by atoms with Crippen molar-refractivity contribution >= 4 is 8.25 Å². The van der Waals surface area contributed by atoms with Crippen molar-refractivity contribution in [2.24, 2.45) is 0 Å². The summed E-state index contributed by atoms with van der Waals surface area (Å²) in [6.45, 7) is 8.40. The van der Waals surface area contributed by atoms with Crippen molar-refractivity contribution in [1.82, 2.24) is 0 Å². The first-order chi connectivity index (χ1) is 7.56. The standard InChI is InChI=1S/C10H21O5P/c1-5-10(6-2,15-16(11)12)9(13-7-3)14-8-4/h9H,5-8H2,1-4H3/p+1. The summed E-state index contributed by atoms with van der Waals surface area (Å²) in [6.07, 6.45) is 0.495. The Balaban J connectivity index is 4.84. The Bertz CT molecular complexity index is 199. The van der Waals surface area contributed by atoms with Crippen LogP contribution in [0, 0.1) is 0 Å². The van der Waals surface area contributed by atoms with Crippen LogP contribution in [0.15, 0.2) is 0 Å². The predicted molar refractivity (Wildman–Crippen MR) is 61.3 cm³/mol. The van der Waals surface area contributed by atoms with E-state index in [4.69, 9.17) is 18.9 Å². The van der Waals surface area contributed by atoms with Crippen LogP contribution in [0.4, 0.5) is 0 Å². The van der Waals surface area contributed by atoms with Crippen molar-refractivity contribution < 1.29 is 23.5 Å². The molecule has 16 heavy (non-hydrogen) atoms. The van der Waals surface area contributed by atoms with Crippen LogP contribution in [-0.4, -0.2) is 30.0 Å². The monoisotopic (exact) mass is 253 g/mol. The van der Waals surface area contributed by atoms with Gasteiger partial charge in [-0.2, -0.15) is 0 Å². The number of ether oxygens (including phenoxy) is 2. The van der Waals surface area contributed by atoms with Gasteiger partial charge in [-0.25, -0.2) is 0 Å². The highest BCUT2D eigenvalue weighted by Crippen LogP contribution is 2.36. The molecule has 0 aliphatic rings. The lowest BCUT2D eigenvalue weighted by Gasteiger charge is -2.32. The lowest BCUT2D eigenvalue weighted by Crippen LogP contribution is -2.46. The Labute approximate surface area is 98.0 Å².